The lowest BCUT2D eigenvalue weighted by Gasteiger charge is -2.27. The summed E-state index contributed by atoms with van der Waals surface area (Å²) in [6.45, 7) is 0.483. The first-order valence-electron chi connectivity index (χ1n) is 6.01. The summed E-state index contributed by atoms with van der Waals surface area (Å²) in [6.07, 6.45) is 0. The lowest BCUT2D eigenvalue weighted by molar-refractivity contribution is 0.992. The molecule has 94 valence electrons. The fourth-order valence-electron chi connectivity index (χ4n) is 2.00. The molecule has 0 spiro atoms. The summed E-state index contributed by atoms with van der Waals surface area (Å²) in [6, 6.07) is 20.0. The van der Waals surface area contributed by atoms with Gasteiger partial charge >= 0.3 is 0 Å². The van der Waals surface area contributed by atoms with Crippen molar-refractivity contribution in [2.45, 2.75) is 0 Å². The molecule has 0 saturated heterocycles. The van der Waals surface area contributed by atoms with E-state index in [9.17, 15) is 0 Å². The number of nitrogens with zero attached hydrogens (tertiary/aromatic N) is 3. The van der Waals surface area contributed by atoms with E-state index in [1.807, 2.05) is 65.6 Å². The zero-order valence-electron chi connectivity index (χ0n) is 10.2. The Morgan fingerprint density at radius 3 is 2.21 bits per heavy atom. The van der Waals surface area contributed by atoms with Crippen molar-refractivity contribution >= 4 is 28.4 Å². The molecule has 1 aliphatic heterocycles. The SMILES string of the molecule is ClC1=NCN(c2ccccc2)C(c2ccccc2)=N1. The minimum Gasteiger partial charge on any atom is -0.306 e. The highest BCUT2D eigenvalue weighted by molar-refractivity contribution is 6.66. The van der Waals surface area contributed by atoms with Crippen LogP contribution >= 0.6 is 11.6 Å². The van der Waals surface area contributed by atoms with Gasteiger partial charge in [0.1, 0.15) is 12.5 Å². The molecular formula is C15H12ClN3. The number of hydrogen-bond donors (Lipinski definition) is 0. The second-order valence-corrected chi connectivity index (χ2v) is 4.47. The Hall–Kier alpha value is -2.13. The third-order valence-electron chi connectivity index (χ3n) is 2.90. The number of rotatable bonds is 2. The van der Waals surface area contributed by atoms with Crippen LogP contribution < -0.4 is 4.90 Å². The highest BCUT2D eigenvalue weighted by atomic mass is 35.5. The molecule has 1 aliphatic rings. The maximum Gasteiger partial charge on any atom is 0.221 e. The van der Waals surface area contributed by atoms with Crippen molar-refractivity contribution in [1.82, 2.24) is 0 Å². The number of halogens is 1. The minimum absolute atomic E-state index is 0.297. The van der Waals surface area contributed by atoms with Crippen molar-refractivity contribution in [2.24, 2.45) is 9.98 Å². The Balaban J connectivity index is 2.04. The van der Waals surface area contributed by atoms with Crippen LogP contribution in [0.25, 0.3) is 0 Å². The third kappa shape index (κ3) is 2.51. The first-order valence-corrected chi connectivity index (χ1v) is 6.39. The molecule has 0 atom stereocenters. The van der Waals surface area contributed by atoms with Gasteiger partial charge < -0.3 is 4.90 Å². The van der Waals surface area contributed by atoms with Crippen LogP contribution in [0.4, 0.5) is 5.69 Å². The fraction of sp³-hybridized carbons (Fsp3) is 0.0667. The molecule has 0 N–H and O–H groups in total. The second-order valence-electron chi connectivity index (χ2n) is 4.13. The highest BCUT2D eigenvalue weighted by Gasteiger charge is 2.19. The van der Waals surface area contributed by atoms with Crippen LogP contribution in [0.1, 0.15) is 5.56 Å². The van der Waals surface area contributed by atoms with Crippen LogP contribution in [0.5, 0.6) is 0 Å². The molecule has 0 saturated carbocycles. The molecule has 0 unspecified atom stereocenters. The first-order chi connectivity index (χ1) is 9.34. The molecule has 3 rings (SSSR count). The highest BCUT2D eigenvalue weighted by Crippen LogP contribution is 2.20. The predicted molar refractivity (Wildman–Crippen MR) is 80.1 cm³/mol. The van der Waals surface area contributed by atoms with Crippen molar-refractivity contribution in [3.63, 3.8) is 0 Å². The number of anilines is 1. The van der Waals surface area contributed by atoms with Gasteiger partial charge in [-0.05, 0) is 23.7 Å². The minimum atomic E-state index is 0.297. The van der Waals surface area contributed by atoms with Gasteiger partial charge in [0.15, 0.2) is 0 Å². The smallest absolute Gasteiger partial charge is 0.221 e. The molecule has 3 nitrogen and oxygen atoms in total. The van der Waals surface area contributed by atoms with E-state index in [4.69, 9.17) is 11.6 Å². The van der Waals surface area contributed by atoms with Crippen LogP contribution in [0, 0.1) is 0 Å². The molecule has 19 heavy (non-hydrogen) atoms. The van der Waals surface area contributed by atoms with E-state index in [-0.39, 0.29) is 0 Å². The molecule has 0 aliphatic carbocycles. The third-order valence-corrected chi connectivity index (χ3v) is 3.10. The standard InChI is InChI=1S/C15H12ClN3/c16-15-17-11-19(13-9-5-2-6-10-13)14(18-15)12-7-3-1-4-8-12/h1-10H,11H2. The Bertz CT molecular complexity index is 620. The maximum absolute atomic E-state index is 5.95. The molecule has 0 aromatic heterocycles. The monoisotopic (exact) mass is 269 g/mol. The zero-order chi connectivity index (χ0) is 13.1. The van der Waals surface area contributed by atoms with E-state index in [1.165, 1.54) is 0 Å². The summed E-state index contributed by atoms with van der Waals surface area (Å²) in [5, 5.41) is 0.297. The summed E-state index contributed by atoms with van der Waals surface area (Å²) in [7, 11) is 0. The van der Waals surface area contributed by atoms with E-state index in [1.54, 1.807) is 0 Å². The summed E-state index contributed by atoms with van der Waals surface area (Å²) < 4.78 is 0. The molecule has 0 amide bonds. The van der Waals surface area contributed by atoms with Gasteiger partial charge in [0.05, 0.1) is 0 Å². The maximum atomic E-state index is 5.95. The molecule has 4 heteroatoms. The summed E-state index contributed by atoms with van der Waals surface area (Å²) in [5.74, 6) is 0.826. The topological polar surface area (TPSA) is 28.0 Å². The number of benzene rings is 2. The number of amidine groups is 2. The Morgan fingerprint density at radius 2 is 1.53 bits per heavy atom. The molecule has 2 aromatic rings. The number of aliphatic imine (C=N–C) groups is 2. The average molecular weight is 270 g/mol. The molecule has 0 radical (unpaired) electrons. The van der Waals surface area contributed by atoms with Crippen LogP contribution in [-0.4, -0.2) is 17.8 Å². The number of para-hydroxylation sites is 1. The van der Waals surface area contributed by atoms with Gasteiger partial charge in [0, 0.05) is 11.3 Å². The van der Waals surface area contributed by atoms with Crippen LogP contribution in [0.3, 0.4) is 0 Å². The molecule has 0 fully saturated rings. The van der Waals surface area contributed by atoms with Gasteiger partial charge in [0.25, 0.3) is 0 Å². The Kier molecular flexibility index (Phi) is 3.29. The van der Waals surface area contributed by atoms with Crippen LogP contribution in [0.15, 0.2) is 70.6 Å². The van der Waals surface area contributed by atoms with E-state index >= 15 is 0 Å². The van der Waals surface area contributed by atoms with Gasteiger partial charge in [-0.15, -0.1) is 0 Å². The van der Waals surface area contributed by atoms with Gasteiger partial charge in [-0.1, -0.05) is 48.5 Å². The normalized spacial score (nSPS) is 14.9. The summed E-state index contributed by atoms with van der Waals surface area (Å²) in [4.78, 5) is 10.6. The van der Waals surface area contributed by atoms with Crippen molar-refractivity contribution in [2.75, 3.05) is 11.6 Å². The number of hydrogen-bond acceptors (Lipinski definition) is 3. The summed E-state index contributed by atoms with van der Waals surface area (Å²) in [5.41, 5.74) is 2.08. The van der Waals surface area contributed by atoms with Gasteiger partial charge in [0.2, 0.25) is 5.29 Å². The lowest BCUT2D eigenvalue weighted by Crippen LogP contribution is -2.35. The molecular weight excluding hydrogens is 258 g/mol. The van der Waals surface area contributed by atoms with E-state index < -0.39 is 0 Å². The molecule has 1 heterocycles. The van der Waals surface area contributed by atoms with Crippen molar-refractivity contribution in [3.8, 4) is 0 Å². The predicted octanol–water partition coefficient (Wildman–Crippen LogP) is 3.51. The fourth-order valence-corrected chi connectivity index (χ4v) is 2.13. The van der Waals surface area contributed by atoms with Crippen molar-refractivity contribution in [1.29, 1.82) is 0 Å². The zero-order valence-corrected chi connectivity index (χ0v) is 11.0. The first kappa shape index (κ1) is 11.9. The Morgan fingerprint density at radius 1 is 0.895 bits per heavy atom. The largest absolute Gasteiger partial charge is 0.306 e. The van der Waals surface area contributed by atoms with Crippen LogP contribution in [-0.2, 0) is 0 Å². The molecule has 0 bridgehead atoms. The quantitative estimate of drug-likeness (QED) is 0.767. The summed E-state index contributed by atoms with van der Waals surface area (Å²) >= 11 is 5.95. The van der Waals surface area contributed by atoms with Gasteiger partial charge in [-0.2, -0.15) is 4.99 Å². The van der Waals surface area contributed by atoms with Gasteiger partial charge in [-0.3, -0.25) is 0 Å². The van der Waals surface area contributed by atoms with Crippen LogP contribution in [0.2, 0.25) is 0 Å². The van der Waals surface area contributed by atoms with Gasteiger partial charge in [-0.25, -0.2) is 4.99 Å². The lowest BCUT2D eigenvalue weighted by atomic mass is 10.1. The Labute approximate surface area is 116 Å². The second kappa shape index (κ2) is 5.24. The van der Waals surface area contributed by atoms with Crippen molar-refractivity contribution in [3.05, 3.63) is 66.2 Å². The van der Waals surface area contributed by atoms with E-state index in [0.717, 1.165) is 17.1 Å². The van der Waals surface area contributed by atoms with E-state index in [2.05, 4.69) is 9.98 Å². The average Bonchev–Trinajstić information content (AvgIpc) is 2.49. The molecule has 2 aromatic carbocycles. The van der Waals surface area contributed by atoms with Crippen molar-refractivity contribution < 1.29 is 0 Å². The van der Waals surface area contributed by atoms with E-state index in [0.29, 0.717) is 12.0 Å².